The van der Waals surface area contributed by atoms with Gasteiger partial charge in [0.2, 0.25) is 0 Å². The van der Waals surface area contributed by atoms with Crippen molar-refractivity contribution in [2.75, 3.05) is 6.61 Å². The molecule has 0 amide bonds. The zero-order chi connectivity index (χ0) is 13.6. The summed E-state index contributed by atoms with van der Waals surface area (Å²) in [6.07, 6.45) is 14.4. The summed E-state index contributed by atoms with van der Waals surface area (Å²) in [6.45, 7) is 7.79. The summed E-state index contributed by atoms with van der Waals surface area (Å²) in [7, 11) is 0. The second-order valence-corrected chi connectivity index (χ2v) is 4.76. The van der Waals surface area contributed by atoms with Gasteiger partial charge in [0.05, 0.1) is 0 Å². The molecule has 0 spiro atoms. The third-order valence-electron chi connectivity index (χ3n) is 2.80. The zero-order valence-electron chi connectivity index (χ0n) is 12.0. The Morgan fingerprint density at radius 3 is 2.28 bits per heavy atom. The van der Waals surface area contributed by atoms with Gasteiger partial charge in [-0.1, -0.05) is 64.2 Å². The van der Waals surface area contributed by atoms with E-state index in [1.54, 1.807) is 6.92 Å². The van der Waals surface area contributed by atoms with Crippen LogP contribution in [0.1, 0.15) is 65.2 Å². The Morgan fingerprint density at radius 1 is 1.06 bits per heavy atom. The van der Waals surface area contributed by atoms with Crippen molar-refractivity contribution >= 4 is 5.97 Å². The first-order valence-electron chi connectivity index (χ1n) is 7.16. The van der Waals surface area contributed by atoms with Crippen LogP contribution >= 0.6 is 0 Å². The Morgan fingerprint density at radius 2 is 1.67 bits per heavy atom. The van der Waals surface area contributed by atoms with Crippen LogP contribution in [0, 0.1) is 0 Å². The van der Waals surface area contributed by atoms with Crippen LogP contribution in [0.5, 0.6) is 0 Å². The van der Waals surface area contributed by atoms with E-state index in [4.69, 9.17) is 4.74 Å². The number of allylic oxidation sites excluding steroid dienone is 1. The molecule has 0 bridgehead atoms. The van der Waals surface area contributed by atoms with Crippen LogP contribution in [-0.2, 0) is 9.53 Å². The lowest BCUT2D eigenvalue weighted by atomic mass is 10.1. The van der Waals surface area contributed by atoms with Gasteiger partial charge in [-0.05, 0) is 19.8 Å². The van der Waals surface area contributed by atoms with Gasteiger partial charge < -0.3 is 4.74 Å². The molecular weight excluding hydrogens is 224 g/mol. The van der Waals surface area contributed by atoms with Crippen molar-refractivity contribution in [1.29, 1.82) is 0 Å². The molecule has 0 unspecified atom stereocenters. The SMILES string of the molecule is C=C(C)C(=O)OC/C=C/CCCCCCCCC. The maximum atomic E-state index is 11.0. The standard InChI is InChI=1S/C16H28O2/c1-4-5-6-7-8-9-10-11-12-13-14-18-16(17)15(2)3/h12-13H,2,4-11,14H2,1,3H3/b13-12+. The largest absolute Gasteiger partial charge is 0.458 e. The van der Waals surface area contributed by atoms with Crippen molar-refractivity contribution in [3.05, 3.63) is 24.3 Å². The number of carbonyl (C=O) groups is 1. The maximum Gasteiger partial charge on any atom is 0.333 e. The maximum absolute atomic E-state index is 11.0. The number of unbranched alkanes of at least 4 members (excludes halogenated alkanes) is 7. The molecule has 0 atom stereocenters. The van der Waals surface area contributed by atoms with E-state index in [2.05, 4.69) is 19.6 Å². The van der Waals surface area contributed by atoms with E-state index in [0.717, 1.165) is 6.42 Å². The molecule has 0 aliphatic carbocycles. The number of hydrogen-bond donors (Lipinski definition) is 0. The van der Waals surface area contributed by atoms with Crippen molar-refractivity contribution in [3.8, 4) is 0 Å². The van der Waals surface area contributed by atoms with Crippen LogP contribution in [0.2, 0.25) is 0 Å². The van der Waals surface area contributed by atoms with E-state index in [-0.39, 0.29) is 5.97 Å². The fourth-order valence-electron chi connectivity index (χ4n) is 1.65. The highest BCUT2D eigenvalue weighted by Crippen LogP contribution is 2.08. The lowest BCUT2D eigenvalue weighted by molar-refractivity contribution is -0.137. The smallest absolute Gasteiger partial charge is 0.333 e. The highest BCUT2D eigenvalue weighted by molar-refractivity contribution is 5.86. The minimum atomic E-state index is -0.310. The molecular formula is C16H28O2. The van der Waals surface area contributed by atoms with Gasteiger partial charge in [0.1, 0.15) is 6.61 Å². The lowest BCUT2D eigenvalue weighted by Gasteiger charge is -2.00. The summed E-state index contributed by atoms with van der Waals surface area (Å²) < 4.78 is 4.95. The molecule has 0 N–H and O–H groups in total. The van der Waals surface area contributed by atoms with Crippen LogP contribution in [-0.4, -0.2) is 12.6 Å². The third-order valence-corrected chi connectivity index (χ3v) is 2.80. The molecule has 0 radical (unpaired) electrons. The molecule has 0 aromatic rings. The zero-order valence-corrected chi connectivity index (χ0v) is 12.0. The topological polar surface area (TPSA) is 26.3 Å². The average molecular weight is 252 g/mol. The van der Waals surface area contributed by atoms with Gasteiger partial charge in [-0.15, -0.1) is 0 Å². The molecule has 0 rings (SSSR count). The van der Waals surface area contributed by atoms with Crippen molar-refractivity contribution in [2.24, 2.45) is 0 Å². The van der Waals surface area contributed by atoms with Crippen LogP contribution < -0.4 is 0 Å². The first-order valence-corrected chi connectivity index (χ1v) is 7.16. The third kappa shape index (κ3) is 11.4. The molecule has 0 heterocycles. The van der Waals surface area contributed by atoms with E-state index in [9.17, 15) is 4.79 Å². The van der Waals surface area contributed by atoms with Gasteiger partial charge in [-0.3, -0.25) is 0 Å². The molecule has 0 fully saturated rings. The summed E-state index contributed by atoms with van der Waals surface area (Å²) in [4.78, 5) is 11.0. The summed E-state index contributed by atoms with van der Waals surface area (Å²) >= 11 is 0. The number of carbonyl (C=O) groups excluding carboxylic acids is 1. The van der Waals surface area contributed by atoms with Crippen molar-refractivity contribution in [3.63, 3.8) is 0 Å². The van der Waals surface area contributed by atoms with Crippen molar-refractivity contribution in [1.82, 2.24) is 0 Å². The second kappa shape index (κ2) is 12.4. The number of esters is 1. The van der Waals surface area contributed by atoms with Crippen LogP contribution in [0.15, 0.2) is 24.3 Å². The normalized spacial score (nSPS) is 10.8. The Bertz CT molecular complexity index is 254. The van der Waals surface area contributed by atoms with E-state index in [1.165, 1.54) is 44.9 Å². The molecule has 2 nitrogen and oxygen atoms in total. The van der Waals surface area contributed by atoms with Gasteiger partial charge in [0.25, 0.3) is 0 Å². The number of ether oxygens (including phenoxy) is 1. The summed E-state index contributed by atoms with van der Waals surface area (Å²) in [5.41, 5.74) is 0.454. The highest BCUT2D eigenvalue weighted by atomic mass is 16.5. The predicted octanol–water partition coefficient (Wildman–Crippen LogP) is 4.80. The molecule has 2 heteroatoms. The number of hydrogen-bond acceptors (Lipinski definition) is 2. The summed E-state index contributed by atoms with van der Waals surface area (Å²) in [5, 5.41) is 0. The Balaban J connectivity index is 3.23. The molecule has 0 aromatic carbocycles. The van der Waals surface area contributed by atoms with E-state index in [0.29, 0.717) is 12.2 Å². The van der Waals surface area contributed by atoms with Gasteiger partial charge in [0.15, 0.2) is 0 Å². The Labute approximate surface area is 112 Å². The Kier molecular flexibility index (Phi) is 11.7. The molecule has 0 aliphatic rings. The quantitative estimate of drug-likeness (QED) is 0.228. The molecule has 104 valence electrons. The van der Waals surface area contributed by atoms with Gasteiger partial charge >= 0.3 is 5.97 Å². The van der Waals surface area contributed by atoms with Crippen molar-refractivity contribution < 1.29 is 9.53 Å². The fraction of sp³-hybridized carbons (Fsp3) is 0.688. The van der Waals surface area contributed by atoms with Gasteiger partial charge in [-0.2, -0.15) is 0 Å². The molecule has 0 saturated carbocycles. The van der Waals surface area contributed by atoms with Crippen LogP contribution in [0.3, 0.4) is 0 Å². The first kappa shape index (κ1) is 16.9. The minimum absolute atomic E-state index is 0.310. The highest BCUT2D eigenvalue weighted by Gasteiger charge is 1.99. The van der Waals surface area contributed by atoms with Crippen molar-refractivity contribution in [2.45, 2.75) is 65.2 Å². The first-order chi connectivity index (χ1) is 8.68. The molecule has 0 aliphatic heterocycles. The number of rotatable bonds is 11. The van der Waals surface area contributed by atoms with Crippen LogP contribution in [0.25, 0.3) is 0 Å². The molecule has 0 aromatic heterocycles. The van der Waals surface area contributed by atoms with Gasteiger partial charge in [-0.25, -0.2) is 4.79 Å². The predicted molar refractivity (Wildman–Crippen MR) is 77.5 cm³/mol. The van der Waals surface area contributed by atoms with Gasteiger partial charge in [0, 0.05) is 5.57 Å². The average Bonchev–Trinajstić information content (AvgIpc) is 2.35. The fourth-order valence-corrected chi connectivity index (χ4v) is 1.65. The summed E-state index contributed by atoms with van der Waals surface area (Å²) in [6, 6.07) is 0. The van der Waals surface area contributed by atoms with E-state index in [1.807, 2.05) is 6.08 Å². The molecule has 0 saturated heterocycles. The van der Waals surface area contributed by atoms with E-state index < -0.39 is 0 Å². The summed E-state index contributed by atoms with van der Waals surface area (Å²) in [5.74, 6) is -0.310. The Hall–Kier alpha value is -1.05. The monoisotopic (exact) mass is 252 g/mol. The lowest BCUT2D eigenvalue weighted by Crippen LogP contribution is -2.04. The second-order valence-electron chi connectivity index (χ2n) is 4.76. The van der Waals surface area contributed by atoms with Crippen LogP contribution in [0.4, 0.5) is 0 Å². The minimum Gasteiger partial charge on any atom is -0.458 e. The molecule has 18 heavy (non-hydrogen) atoms. The van der Waals surface area contributed by atoms with E-state index >= 15 is 0 Å².